The lowest BCUT2D eigenvalue weighted by Gasteiger charge is -2.08. The fourth-order valence-corrected chi connectivity index (χ4v) is 2.86. The Morgan fingerprint density at radius 1 is 0.875 bits per heavy atom. The highest BCUT2D eigenvalue weighted by Gasteiger charge is 2.07. The SMILES string of the molecule is CC(=O)Nc1ccc(/C=C/C(=O)NCc2cccc(NC(=O)c3ccc(F)cc3)c2)cc1. The number of hydrogen-bond donors (Lipinski definition) is 3. The lowest BCUT2D eigenvalue weighted by atomic mass is 10.1. The zero-order valence-corrected chi connectivity index (χ0v) is 17.4. The van der Waals surface area contributed by atoms with E-state index in [4.69, 9.17) is 0 Å². The van der Waals surface area contributed by atoms with E-state index in [0.29, 0.717) is 16.9 Å². The summed E-state index contributed by atoms with van der Waals surface area (Å²) in [6.45, 7) is 1.72. The summed E-state index contributed by atoms with van der Waals surface area (Å²) in [5, 5.41) is 8.22. The summed E-state index contributed by atoms with van der Waals surface area (Å²) < 4.78 is 13.0. The third-order valence-electron chi connectivity index (χ3n) is 4.42. The van der Waals surface area contributed by atoms with Crippen LogP contribution in [0.3, 0.4) is 0 Å². The maximum atomic E-state index is 13.0. The van der Waals surface area contributed by atoms with Gasteiger partial charge in [0.15, 0.2) is 0 Å². The molecule has 3 N–H and O–H groups in total. The van der Waals surface area contributed by atoms with Crippen LogP contribution in [0.1, 0.15) is 28.4 Å². The quantitative estimate of drug-likeness (QED) is 0.486. The summed E-state index contributed by atoms with van der Waals surface area (Å²) in [4.78, 5) is 35.4. The summed E-state index contributed by atoms with van der Waals surface area (Å²) in [6, 6.07) is 19.5. The van der Waals surface area contributed by atoms with E-state index in [1.54, 1.807) is 48.5 Å². The van der Waals surface area contributed by atoms with Gasteiger partial charge in [-0.1, -0.05) is 24.3 Å². The Morgan fingerprint density at radius 3 is 2.28 bits per heavy atom. The summed E-state index contributed by atoms with van der Waals surface area (Å²) in [7, 11) is 0. The van der Waals surface area contributed by atoms with E-state index in [0.717, 1.165) is 11.1 Å². The van der Waals surface area contributed by atoms with Crippen LogP contribution in [0.2, 0.25) is 0 Å². The lowest BCUT2D eigenvalue weighted by molar-refractivity contribution is -0.116. The largest absolute Gasteiger partial charge is 0.348 e. The van der Waals surface area contributed by atoms with E-state index in [-0.39, 0.29) is 24.3 Å². The number of halogens is 1. The average Bonchev–Trinajstić information content (AvgIpc) is 2.77. The van der Waals surface area contributed by atoms with Gasteiger partial charge < -0.3 is 16.0 Å². The van der Waals surface area contributed by atoms with Gasteiger partial charge in [-0.2, -0.15) is 0 Å². The standard InChI is InChI=1S/C25H22FN3O3/c1-17(30)28-22-12-5-18(6-13-22)7-14-24(31)27-16-19-3-2-4-23(15-19)29-25(32)20-8-10-21(26)11-9-20/h2-15H,16H2,1H3,(H,27,31)(H,28,30)(H,29,32)/b14-7+. The number of rotatable bonds is 7. The van der Waals surface area contributed by atoms with Crippen molar-refractivity contribution in [1.29, 1.82) is 0 Å². The first-order valence-corrected chi connectivity index (χ1v) is 9.88. The summed E-state index contributed by atoms with van der Waals surface area (Å²) in [5.41, 5.74) is 3.23. The van der Waals surface area contributed by atoms with E-state index in [1.165, 1.54) is 37.3 Å². The second-order valence-corrected chi connectivity index (χ2v) is 7.02. The minimum Gasteiger partial charge on any atom is -0.348 e. The summed E-state index contributed by atoms with van der Waals surface area (Å²) in [6.07, 6.45) is 3.10. The highest BCUT2D eigenvalue weighted by molar-refractivity contribution is 6.04. The van der Waals surface area contributed by atoms with Crippen LogP contribution in [0.15, 0.2) is 78.9 Å². The Labute approximate surface area is 185 Å². The Hall–Kier alpha value is -4.26. The van der Waals surface area contributed by atoms with Gasteiger partial charge in [0, 0.05) is 36.5 Å². The van der Waals surface area contributed by atoms with E-state index < -0.39 is 5.82 Å². The Morgan fingerprint density at radius 2 is 1.59 bits per heavy atom. The van der Waals surface area contributed by atoms with Crippen molar-refractivity contribution in [2.24, 2.45) is 0 Å². The molecule has 0 saturated heterocycles. The van der Waals surface area contributed by atoms with Crippen LogP contribution in [-0.4, -0.2) is 17.7 Å². The molecule has 0 aliphatic heterocycles. The molecule has 3 aromatic carbocycles. The Bertz CT molecular complexity index is 1140. The molecule has 0 fully saturated rings. The molecule has 162 valence electrons. The highest BCUT2D eigenvalue weighted by Crippen LogP contribution is 2.13. The van der Waals surface area contributed by atoms with Gasteiger partial charge in [0.05, 0.1) is 0 Å². The van der Waals surface area contributed by atoms with Crippen LogP contribution < -0.4 is 16.0 Å². The van der Waals surface area contributed by atoms with Crippen LogP contribution in [0, 0.1) is 5.82 Å². The summed E-state index contributed by atoms with van der Waals surface area (Å²) >= 11 is 0. The van der Waals surface area contributed by atoms with E-state index in [1.807, 2.05) is 6.07 Å². The molecule has 0 aromatic heterocycles. The number of carbonyl (C=O) groups is 3. The smallest absolute Gasteiger partial charge is 0.255 e. The van der Waals surface area contributed by atoms with Gasteiger partial charge in [0.1, 0.15) is 5.82 Å². The molecule has 3 amide bonds. The van der Waals surface area contributed by atoms with Gasteiger partial charge in [-0.15, -0.1) is 0 Å². The van der Waals surface area contributed by atoms with Crippen molar-refractivity contribution >= 4 is 35.2 Å². The molecule has 7 heteroatoms. The number of amides is 3. The van der Waals surface area contributed by atoms with Crippen molar-refractivity contribution in [3.05, 3.63) is 101 Å². The molecule has 3 aromatic rings. The molecule has 6 nitrogen and oxygen atoms in total. The second kappa shape index (κ2) is 10.7. The lowest BCUT2D eigenvalue weighted by Crippen LogP contribution is -2.20. The highest BCUT2D eigenvalue weighted by atomic mass is 19.1. The maximum Gasteiger partial charge on any atom is 0.255 e. The van der Waals surface area contributed by atoms with Gasteiger partial charge in [-0.25, -0.2) is 4.39 Å². The molecule has 0 unspecified atom stereocenters. The van der Waals surface area contributed by atoms with E-state index >= 15 is 0 Å². The molecule has 0 heterocycles. The van der Waals surface area contributed by atoms with Crippen molar-refractivity contribution in [3.8, 4) is 0 Å². The van der Waals surface area contributed by atoms with Crippen molar-refractivity contribution in [2.45, 2.75) is 13.5 Å². The molecule has 0 aliphatic carbocycles. The first kappa shape index (κ1) is 22.4. The topological polar surface area (TPSA) is 87.3 Å². The van der Waals surface area contributed by atoms with Crippen molar-refractivity contribution in [3.63, 3.8) is 0 Å². The Kier molecular flexibility index (Phi) is 7.48. The van der Waals surface area contributed by atoms with Crippen molar-refractivity contribution in [1.82, 2.24) is 5.32 Å². The molecule has 0 spiro atoms. The minimum absolute atomic E-state index is 0.147. The molecule has 0 saturated carbocycles. The summed E-state index contributed by atoms with van der Waals surface area (Å²) in [5.74, 6) is -1.17. The van der Waals surface area contributed by atoms with Crippen LogP contribution in [0.25, 0.3) is 6.08 Å². The van der Waals surface area contributed by atoms with Gasteiger partial charge in [0.2, 0.25) is 11.8 Å². The number of carbonyl (C=O) groups excluding carboxylic acids is 3. The number of hydrogen-bond acceptors (Lipinski definition) is 3. The number of anilines is 2. The third kappa shape index (κ3) is 6.91. The van der Waals surface area contributed by atoms with Crippen LogP contribution >= 0.6 is 0 Å². The predicted octanol–water partition coefficient (Wildman–Crippen LogP) is 4.37. The fraction of sp³-hybridized carbons (Fsp3) is 0.0800. The van der Waals surface area contributed by atoms with Crippen molar-refractivity contribution < 1.29 is 18.8 Å². The maximum absolute atomic E-state index is 13.0. The zero-order valence-electron chi connectivity index (χ0n) is 17.4. The molecule has 32 heavy (non-hydrogen) atoms. The third-order valence-corrected chi connectivity index (χ3v) is 4.42. The molecular formula is C25H22FN3O3. The van der Waals surface area contributed by atoms with E-state index in [9.17, 15) is 18.8 Å². The van der Waals surface area contributed by atoms with Crippen molar-refractivity contribution in [2.75, 3.05) is 10.6 Å². The van der Waals surface area contributed by atoms with Gasteiger partial charge in [-0.05, 0) is 65.7 Å². The first-order chi connectivity index (χ1) is 15.4. The molecule has 0 bridgehead atoms. The number of nitrogens with one attached hydrogen (secondary N) is 3. The fourth-order valence-electron chi connectivity index (χ4n) is 2.86. The molecular weight excluding hydrogens is 409 g/mol. The molecule has 0 aliphatic rings. The minimum atomic E-state index is -0.407. The first-order valence-electron chi connectivity index (χ1n) is 9.88. The number of benzene rings is 3. The molecule has 0 atom stereocenters. The van der Waals surface area contributed by atoms with Crippen LogP contribution in [0.5, 0.6) is 0 Å². The second-order valence-electron chi connectivity index (χ2n) is 7.02. The van der Waals surface area contributed by atoms with Crippen LogP contribution in [0.4, 0.5) is 15.8 Å². The normalized spacial score (nSPS) is 10.6. The van der Waals surface area contributed by atoms with Gasteiger partial charge >= 0.3 is 0 Å². The molecule has 3 rings (SSSR count). The molecule has 0 radical (unpaired) electrons. The predicted molar refractivity (Wildman–Crippen MR) is 122 cm³/mol. The Balaban J connectivity index is 1.52. The monoisotopic (exact) mass is 431 g/mol. The van der Waals surface area contributed by atoms with Gasteiger partial charge in [-0.3, -0.25) is 14.4 Å². The zero-order chi connectivity index (χ0) is 22.9. The van der Waals surface area contributed by atoms with Gasteiger partial charge in [0.25, 0.3) is 5.91 Å². The van der Waals surface area contributed by atoms with E-state index in [2.05, 4.69) is 16.0 Å². The van der Waals surface area contributed by atoms with Crippen LogP contribution in [-0.2, 0) is 16.1 Å². The average molecular weight is 431 g/mol.